The SMILES string of the molecule is CCNC(=O)Nc1ccc(C(=NC)c2ccc(F)cc2)c(C)c1. The van der Waals surface area contributed by atoms with Crippen LogP contribution in [0.15, 0.2) is 47.5 Å². The van der Waals surface area contributed by atoms with Crippen LogP contribution in [0.2, 0.25) is 0 Å². The second-order valence-corrected chi connectivity index (χ2v) is 5.09. The van der Waals surface area contributed by atoms with Gasteiger partial charge >= 0.3 is 6.03 Å². The number of nitrogens with zero attached hydrogens (tertiary/aromatic N) is 1. The molecule has 0 atom stereocenters. The molecule has 0 aliphatic heterocycles. The number of benzene rings is 2. The van der Waals surface area contributed by atoms with Crippen molar-refractivity contribution in [3.63, 3.8) is 0 Å². The smallest absolute Gasteiger partial charge is 0.319 e. The van der Waals surface area contributed by atoms with Crippen molar-refractivity contribution in [1.29, 1.82) is 0 Å². The zero-order valence-electron chi connectivity index (χ0n) is 13.5. The van der Waals surface area contributed by atoms with Gasteiger partial charge in [-0.25, -0.2) is 9.18 Å². The number of halogens is 1. The Kier molecular flexibility index (Phi) is 5.46. The highest BCUT2D eigenvalue weighted by molar-refractivity contribution is 6.13. The van der Waals surface area contributed by atoms with Crippen molar-refractivity contribution in [2.24, 2.45) is 4.99 Å². The number of urea groups is 1. The maximum absolute atomic E-state index is 13.1. The number of aryl methyl sites for hydroxylation is 1. The number of carbonyl (C=O) groups is 1. The van der Waals surface area contributed by atoms with Crippen LogP contribution in [0.5, 0.6) is 0 Å². The number of carbonyl (C=O) groups excluding carboxylic acids is 1. The highest BCUT2D eigenvalue weighted by atomic mass is 19.1. The molecule has 0 aliphatic rings. The van der Waals surface area contributed by atoms with Gasteiger partial charge in [0.2, 0.25) is 0 Å². The number of aliphatic imine (C=N–C) groups is 1. The molecule has 5 heteroatoms. The number of nitrogens with one attached hydrogen (secondary N) is 2. The Labute approximate surface area is 135 Å². The molecule has 2 amide bonds. The highest BCUT2D eigenvalue weighted by Crippen LogP contribution is 2.19. The van der Waals surface area contributed by atoms with E-state index in [0.29, 0.717) is 12.2 Å². The van der Waals surface area contributed by atoms with E-state index in [2.05, 4.69) is 15.6 Å². The third kappa shape index (κ3) is 4.16. The van der Waals surface area contributed by atoms with E-state index in [1.54, 1.807) is 19.2 Å². The first-order valence-electron chi connectivity index (χ1n) is 7.43. The number of hydrogen-bond acceptors (Lipinski definition) is 2. The summed E-state index contributed by atoms with van der Waals surface area (Å²) in [6.07, 6.45) is 0. The van der Waals surface area contributed by atoms with Crippen LogP contribution in [-0.2, 0) is 0 Å². The molecule has 2 aromatic rings. The van der Waals surface area contributed by atoms with Crippen molar-refractivity contribution < 1.29 is 9.18 Å². The normalized spacial score (nSPS) is 11.2. The molecule has 2 aromatic carbocycles. The molecule has 120 valence electrons. The van der Waals surface area contributed by atoms with Gasteiger partial charge in [0.25, 0.3) is 0 Å². The van der Waals surface area contributed by atoms with E-state index in [-0.39, 0.29) is 11.8 Å². The first-order valence-corrected chi connectivity index (χ1v) is 7.43. The van der Waals surface area contributed by atoms with Crippen LogP contribution in [0, 0.1) is 12.7 Å². The molecular weight excluding hydrogens is 293 g/mol. The first kappa shape index (κ1) is 16.7. The van der Waals surface area contributed by atoms with Gasteiger partial charge in [-0.15, -0.1) is 0 Å². The fraction of sp³-hybridized carbons (Fsp3) is 0.222. The minimum Gasteiger partial charge on any atom is -0.338 e. The molecule has 23 heavy (non-hydrogen) atoms. The van der Waals surface area contributed by atoms with Crippen LogP contribution in [-0.4, -0.2) is 25.3 Å². The summed E-state index contributed by atoms with van der Waals surface area (Å²) in [6, 6.07) is 11.6. The van der Waals surface area contributed by atoms with Crippen molar-refractivity contribution in [1.82, 2.24) is 5.32 Å². The second kappa shape index (κ2) is 7.54. The quantitative estimate of drug-likeness (QED) is 0.830. The lowest BCUT2D eigenvalue weighted by Crippen LogP contribution is -2.28. The average molecular weight is 313 g/mol. The Hall–Kier alpha value is -2.69. The van der Waals surface area contributed by atoms with Crippen molar-refractivity contribution >= 4 is 17.4 Å². The van der Waals surface area contributed by atoms with Gasteiger partial charge in [-0.1, -0.05) is 6.07 Å². The summed E-state index contributed by atoms with van der Waals surface area (Å²) in [7, 11) is 1.71. The summed E-state index contributed by atoms with van der Waals surface area (Å²) < 4.78 is 13.1. The predicted molar refractivity (Wildman–Crippen MR) is 91.8 cm³/mol. The Bertz CT molecular complexity index is 724. The van der Waals surface area contributed by atoms with Gasteiger partial charge in [0, 0.05) is 30.4 Å². The Morgan fingerprint density at radius 1 is 1.17 bits per heavy atom. The molecule has 2 N–H and O–H groups in total. The van der Waals surface area contributed by atoms with Gasteiger partial charge in [0.05, 0.1) is 5.71 Å². The van der Waals surface area contributed by atoms with Gasteiger partial charge in [-0.2, -0.15) is 0 Å². The largest absolute Gasteiger partial charge is 0.338 e. The number of hydrogen-bond donors (Lipinski definition) is 2. The van der Waals surface area contributed by atoms with Crippen LogP contribution >= 0.6 is 0 Å². The van der Waals surface area contributed by atoms with Crippen LogP contribution in [0.25, 0.3) is 0 Å². The fourth-order valence-electron chi connectivity index (χ4n) is 2.36. The number of amides is 2. The molecule has 0 bridgehead atoms. The molecule has 0 saturated heterocycles. The maximum atomic E-state index is 13.1. The first-order chi connectivity index (χ1) is 11.0. The molecule has 0 heterocycles. The summed E-state index contributed by atoms with van der Waals surface area (Å²) in [6.45, 7) is 4.38. The van der Waals surface area contributed by atoms with E-state index < -0.39 is 0 Å². The van der Waals surface area contributed by atoms with Crippen molar-refractivity contribution in [2.75, 3.05) is 18.9 Å². The van der Waals surface area contributed by atoms with Crippen molar-refractivity contribution in [3.05, 3.63) is 65.0 Å². The zero-order chi connectivity index (χ0) is 16.8. The van der Waals surface area contributed by atoms with E-state index in [1.807, 2.05) is 32.0 Å². The zero-order valence-corrected chi connectivity index (χ0v) is 13.5. The molecule has 0 fully saturated rings. The summed E-state index contributed by atoms with van der Waals surface area (Å²) in [5, 5.41) is 5.46. The monoisotopic (exact) mass is 313 g/mol. The third-order valence-corrected chi connectivity index (χ3v) is 3.42. The molecule has 2 rings (SSSR count). The summed E-state index contributed by atoms with van der Waals surface area (Å²) in [5.74, 6) is -0.276. The average Bonchev–Trinajstić information content (AvgIpc) is 2.52. The topological polar surface area (TPSA) is 53.5 Å². The Balaban J connectivity index is 2.28. The maximum Gasteiger partial charge on any atom is 0.319 e. The minimum absolute atomic E-state index is 0.234. The van der Waals surface area contributed by atoms with Crippen LogP contribution in [0.1, 0.15) is 23.6 Å². The van der Waals surface area contributed by atoms with Gasteiger partial charge in [0.1, 0.15) is 5.82 Å². The van der Waals surface area contributed by atoms with Crippen LogP contribution in [0.3, 0.4) is 0 Å². The lowest BCUT2D eigenvalue weighted by molar-refractivity contribution is 0.252. The third-order valence-electron chi connectivity index (χ3n) is 3.42. The van der Waals surface area contributed by atoms with Crippen molar-refractivity contribution in [2.45, 2.75) is 13.8 Å². The molecule has 0 radical (unpaired) electrons. The molecule has 0 aliphatic carbocycles. The van der Waals surface area contributed by atoms with Crippen LogP contribution in [0.4, 0.5) is 14.9 Å². The van der Waals surface area contributed by atoms with Gasteiger partial charge in [-0.3, -0.25) is 4.99 Å². The van der Waals surface area contributed by atoms with Crippen LogP contribution < -0.4 is 10.6 Å². The number of rotatable bonds is 4. The lowest BCUT2D eigenvalue weighted by Gasteiger charge is -2.12. The van der Waals surface area contributed by atoms with Gasteiger partial charge in [-0.05, 0) is 55.8 Å². The lowest BCUT2D eigenvalue weighted by atomic mass is 9.97. The molecule has 0 aromatic heterocycles. The second-order valence-electron chi connectivity index (χ2n) is 5.09. The molecule has 4 nitrogen and oxygen atoms in total. The molecule has 0 spiro atoms. The summed E-state index contributed by atoms with van der Waals surface area (Å²) in [4.78, 5) is 15.9. The predicted octanol–water partition coefficient (Wildman–Crippen LogP) is 3.74. The van der Waals surface area contributed by atoms with Gasteiger partial charge in [0.15, 0.2) is 0 Å². The van der Waals surface area contributed by atoms with Crippen molar-refractivity contribution in [3.8, 4) is 0 Å². The highest BCUT2D eigenvalue weighted by Gasteiger charge is 2.10. The van der Waals surface area contributed by atoms with E-state index in [0.717, 1.165) is 22.4 Å². The Morgan fingerprint density at radius 2 is 1.87 bits per heavy atom. The van der Waals surface area contributed by atoms with Gasteiger partial charge < -0.3 is 10.6 Å². The fourth-order valence-corrected chi connectivity index (χ4v) is 2.36. The van der Waals surface area contributed by atoms with E-state index in [9.17, 15) is 9.18 Å². The molecular formula is C18H20FN3O. The summed E-state index contributed by atoms with van der Waals surface area (Å²) >= 11 is 0. The summed E-state index contributed by atoms with van der Waals surface area (Å²) in [5.41, 5.74) is 4.27. The number of anilines is 1. The standard InChI is InChI=1S/C18H20FN3O/c1-4-21-18(23)22-15-9-10-16(12(2)11-15)17(20-3)13-5-7-14(19)8-6-13/h5-11H,4H2,1-3H3,(H2,21,22,23). The Morgan fingerprint density at radius 3 is 2.43 bits per heavy atom. The molecule has 0 saturated carbocycles. The molecule has 0 unspecified atom stereocenters. The van der Waals surface area contributed by atoms with E-state index >= 15 is 0 Å². The minimum atomic E-state index is -0.276. The van der Waals surface area contributed by atoms with E-state index in [4.69, 9.17) is 0 Å². The van der Waals surface area contributed by atoms with E-state index in [1.165, 1.54) is 12.1 Å².